The SMILES string of the molecule is C=C(N)c1ccc(NC(=C)N2CCC=Nc3ccc(-c4cccc(C(C)(F)F)c4)nc32)cc1. The van der Waals surface area contributed by atoms with Crippen LogP contribution in [-0.4, -0.2) is 17.7 Å². The highest BCUT2D eigenvalue weighted by Crippen LogP contribution is 2.35. The highest BCUT2D eigenvalue weighted by molar-refractivity contribution is 5.78. The van der Waals surface area contributed by atoms with Gasteiger partial charge in [0, 0.05) is 48.6 Å². The minimum Gasteiger partial charge on any atom is -0.399 e. The van der Waals surface area contributed by atoms with Crippen molar-refractivity contribution in [1.29, 1.82) is 0 Å². The van der Waals surface area contributed by atoms with E-state index in [1.807, 2.05) is 41.4 Å². The molecule has 0 unspecified atom stereocenters. The zero-order valence-electron chi connectivity index (χ0n) is 18.4. The number of nitrogens with zero attached hydrogens (tertiary/aromatic N) is 3. The Balaban J connectivity index is 1.65. The number of nitrogens with one attached hydrogen (secondary N) is 1. The van der Waals surface area contributed by atoms with Gasteiger partial charge >= 0.3 is 0 Å². The number of halogens is 2. The first-order chi connectivity index (χ1) is 15.7. The first kappa shape index (κ1) is 22.2. The molecule has 0 fully saturated rings. The van der Waals surface area contributed by atoms with E-state index >= 15 is 0 Å². The molecular formula is C26H25F2N5. The standard InChI is InChI=1S/C26H25F2N5/c1-17(29)19-8-10-22(11-9-19)31-18(2)33-15-5-14-30-24-13-12-23(32-25(24)33)20-6-4-7-21(16-20)26(3,27)28/h4,6-14,16,31H,1-2,5,15,29H2,3H3. The number of nitrogens with two attached hydrogens (primary N) is 1. The zero-order valence-corrected chi connectivity index (χ0v) is 18.4. The van der Waals surface area contributed by atoms with Gasteiger partial charge in [-0.2, -0.15) is 0 Å². The van der Waals surface area contributed by atoms with E-state index in [2.05, 4.69) is 23.5 Å². The summed E-state index contributed by atoms with van der Waals surface area (Å²) in [6.45, 7) is 9.45. The molecule has 0 saturated carbocycles. The third-order valence-electron chi connectivity index (χ3n) is 5.36. The van der Waals surface area contributed by atoms with Crippen LogP contribution in [-0.2, 0) is 5.92 Å². The van der Waals surface area contributed by atoms with Crippen LogP contribution in [0.1, 0.15) is 24.5 Å². The van der Waals surface area contributed by atoms with Gasteiger partial charge in [0.2, 0.25) is 0 Å². The molecule has 2 heterocycles. The van der Waals surface area contributed by atoms with E-state index in [9.17, 15) is 8.78 Å². The number of alkyl halides is 2. The van der Waals surface area contributed by atoms with Gasteiger partial charge in [-0.3, -0.25) is 4.99 Å². The lowest BCUT2D eigenvalue weighted by Gasteiger charge is -2.26. The van der Waals surface area contributed by atoms with Gasteiger partial charge < -0.3 is 16.0 Å². The topological polar surface area (TPSA) is 66.5 Å². The predicted octanol–water partition coefficient (Wildman–Crippen LogP) is 6.29. The van der Waals surface area contributed by atoms with Crippen LogP contribution in [0.2, 0.25) is 0 Å². The van der Waals surface area contributed by atoms with E-state index < -0.39 is 5.92 Å². The van der Waals surface area contributed by atoms with Gasteiger partial charge in [0.15, 0.2) is 5.82 Å². The maximum atomic E-state index is 13.8. The molecule has 4 rings (SSSR count). The summed E-state index contributed by atoms with van der Waals surface area (Å²) in [6, 6.07) is 17.5. The average Bonchev–Trinajstić information content (AvgIpc) is 3.01. The third kappa shape index (κ3) is 4.92. The van der Waals surface area contributed by atoms with Crippen molar-refractivity contribution in [3.8, 4) is 11.3 Å². The van der Waals surface area contributed by atoms with E-state index in [1.165, 1.54) is 12.1 Å². The molecule has 2 aromatic carbocycles. The number of aliphatic imine (C=N–C) groups is 1. The maximum Gasteiger partial charge on any atom is 0.270 e. The Morgan fingerprint density at radius 2 is 1.85 bits per heavy atom. The summed E-state index contributed by atoms with van der Waals surface area (Å²) < 4.78 is 27.7. The molecule has 5 nitrogen and oxygen atoms in total. The lowest BCUT2D eigenvalue weighted by molar-refractivity contribution is 0.0175. The summed E-state index contributed by atoms with van der Waals surface area (Å²) in [5, 5.41) is 3.30. The predicted molar refractivity (Wildman–Crippen MR) is 132 cm³/mol. The molecular weight excluding hydrogens is 420 g/mol. The van der Waals surface area contributed by atoms with Crippen LogP contribution in [0.3, 0.4) is 0 Å². The van der Waals surface area contributed by atoms with Crippen LogP contribution in [0.5, 0.6) is 0 Å². The largest absolute Gasteiger partial charge is 0.399 e. The van der Waals surface area contributed by atoms with Crippen LogP contribution in [0.4, 0.5) is 26.0 Å². The molecule has 3 N–H and O–H groups in total. The van der Waals surface area contributed by atoms with Gasteiger partial charge in [-0.15, -0.1) is 0 Å². The first-order valence-electron chi connectivity index (χ1n) is 10.5. The minimum atomic E-state index is -2.93. The second-order valence-electron chi connectivity index (χ2n) is 7.93. The van der Waals surface area contributed by atoms with Gasteiger partial charge in [-0.25, -0.2) is 13.8 Å². The van der Waals surface area contributed by atoms with Crippen molar-refractivity contribution in [1.82, 2.24) is 4.98 Å². The van der Waals surface area contributed by atoms with Crippen molar-refractivity contribution in [2.24, 2.45) is 10.7 Å². The van der Waals surface area contributed by atoms with Crippen LogP contribution in [0.25, 0.3) is 17.0 Å². The Labute approximate surface area is 192 Å². The third-order valence-corrected chi connectivity index (χ3v) is 5.36. The Bertz CT molecular complexity index is 1230. The molecule has 0 aliphatic carbocycles. The Morgan fingerprint density at radius 1 is 1.09 bits per heavy atom. The molecule has 7 heteroatoms. The van der Waals surface area contributed by atoms with E-state index in [0.717, 1.165) is 18.2 Å². The normalized spacial score (nSPS) is 13.2. The molecule has 1 aliphatic rings. The van der Waals surface area contributed by atoms with Gasteiger partial charge in [0.05, 0.1) is 5.69 Å². The Hall–Kier alpha value is -4.00. The molecule has 1 aliphatic heterocycles. The van der Waals surface area contributed by atoms with Crippen LogP contribution in [0, 0.1) is 0 Å². The molecule has 0 atom stereocenters. The minimum absolute atomic E-state index is 0.0543. The summed E-state index contributed by atoms with van der Waals surface area (Å²) >= 11 is 0. The monoisotopic (exact) mass is 445 g/mol. The molecule has 1 aromatic heterocycles. The lowest BCUT2D eigenvalue weighted by atomic mass is 10.0. The van der Waals surface area contributed by atoms with Gasteiger partial charge in [-0.1, -0.05) is 43.5 Å². The molecule has 0 bridgehead atoms. The van der Waals surface area contributed by atoms with Gasteiger partial charge in [-0.05, 0) is 35.9 Å². The van der Waals surface area contributed by atoms with Gasteiger partial charge in [0.1, 0.15) is 11.5 Å². The highest BCUT2D eigenvalue weighted by atomic mass is 19.3. The van der Waals surface area contributed by atoms with E-state index in [0.29, 0.717) is 47.2 Å². The number of anilines is 2. The van der Waals surface area contributed by atoms with Crippen LogP contribution in [0.15, 0.2) is 84.6 Å². The van der Waals surface area contributed by atoms with Crippen LogP contribution < -0.4 is 16.0 Å². The second-order valence-corrected chi connectivity index (χ2v) is 7.93. The second kappa shape index (κ2) is 8.86. The number of fused-ring (bicyclic) bond motifs is 1. The summed E-state index contributed by atoms with van der Waals surface area (Å²) in [6.07, 6.45) is 2.54. The fourth-order valence-corrected chi connectivity index (χ4v) is 3.57. The fourth-order valence-electron chi connectivity index (χ4n) is 3.57. The Morgan fingerprint density at radius 3 is 2.55 bits per heavy atom. The van der Waals surface area contributed by atoms with Crippen molar-refractivity contribution in [3.05, 3.63) is 90.8 Å². The van der Waals surface area contributed by atoms with E-state index in [1.54, 1.807) is 18.2 Å². The maximum absolute atomic E-state index is 13.8. The molecule has 168 valence electrons. The van der Waals surface area contributed by atoms with Crippen molar-refractivity contribution in [2.45, 2.75) is 19.3 Å². The molecule has 0 amide bonds. The summed E-state index contributed by atoms with van der Waals surface area (Å²) in [4.78, 5) is 11.2. The van der Waals surface area contributed by atoms with E-state index in [-0.39, 0.29) is 5.56 Å². The van der Waals surface area contributed by atoms with Crippen molar-refractivity contribution in [2.75, 3.05) is 16.8 Å². The number of benzene rings is 2. The smallest absolute Gasteiger partial charge is 0.270 e. The summed E-state index contributed by atoms with van der Waals surface area (Å²) in [5.41, 5.74) is 9.76. The Kier molecular flexibility index (Phi) is 5.96. The summed E-state index contributed by atoms with van der Waals surface area (Å²) in [5.74, 6) is -1.69. The molecule has 0 spiro atoms. The molecule has 0 radical (unpaired) electrons. The quantitative estimate of drug-likeness (QED) is 0.468. The lowest BCUT2D eigenvalue weighted by Crippen LogP contribution is -2.28. The van der Waals surface area contributed by atoms with E-state index in [4.69, 9.17) is 10.7 Å². The fraction of sp³-hybridized carbons (Fsp3) is 0.154. The number of rotatable bonds is 6. The van der Waals surface area contributed by atoms with Crippen molar-refractivity contribution < 1.29 is 8.78 Å². The number of hydrogen-bond acceptors (Lipinski definition) is 5. The number of pyridine rings is 1. The highest BCUT2D eigenvalue weighted by Gasteiger charge is 2.25. The van der Waals surface area contributed by atoms with Crippen molar-refractivity contribution >= 4 is 29.1 Å². The average molecular weight is 446 g/mol. The molecule has 3 aromatic rings. The summed E-state index contributed by atoms with van der Waals surface area (Å²) in [7, 11) is 0. The first-order valence-corrected chi connectivity index (χ1v) is 10.5. The number of aromatic nitrogens is 1. The van der Waals surface area contributed by atoms with Crippen molar-refractivity contribution in [3.63, 3.8) is 0 Å². The van der Waals surface area contributed by atoms with Crippen LogP contribution >= 0.6 is 0 Å². The molecule has 0 saturated heterocycles. The number of hydrogen-bond donors (Lipinski definition) is 2. The van der Waals surface area contributed by atoms with Gasteiger partial charge in [0.25, 0.3) is 5.92 Å². The zero-order chi connectivity index (χ0) is 23.6. The molecule has 33 heavy (non-hydrogen) atoms.